The summed E-state index contributed by atoms with van der Waals surface area (Å²) in [6, 6.07) is 0. The van der Waals surface area contributed by atoms with Gasteiger partial charge in [0.25, 0.3) is 0 Å². The molecule has 2 rings (SSSR count). The van der Waals surface area contributed by atoms with E-state index in [1.807, 2.05) is 0 Å². The number of piperidine rings is 2. The summed E-state index contributed by atoms with van der Waals surface area (Å²) in [5.74, 6) is 1.83. The van der Waals surface area contributed by atoms with Gasteiger partial charge in [-0.05, 0) is 50.6 Å². The lowest BCUT2D eigenvalue weighted by Crippen LogP contribution is -2.57. The second-order valence-corrected chi connectivity index (χ2v) is 5.78. The highest BCUT2D eigenvalue weighted by Gasteiger charge is 2.25. The summed E-state index contributed by atoms with van der Waals surface area (Å²) in [7, 11) is 0. The molecule has 0 radical (unpaired) electrons. The van der Waals surface area contributed by atoms with Gasteiger partial charge in [0.05, 0.1) is 12.3 Å². The number of nitrogens with one attached hydrogen (secondary N) is 3. The van der Waals surface area contributed by atoms with Gasteiger partial charge in [-0.2, -0.15) is 0 Å². The normalized spacial score (nSPS) is 39.2. The van der Waals surface area contributed by atoms with Crippen LogP contribution in [0.15, 0.2) is 0 Å². The smallest absolute Gasteiger partial charge is 0.0586 e. The second kappa shape index (κ2) is 6.72. The lowest BCUT2D eigenvalue weighted by molar-refractivity contribution is 0.192. The van der Waals surface area contributed by atoms with Crippen LogP contribution in [0.2, 0.25) is 0 Å². The molecule has 0 aliphatic carbocycles. The van der Waals surface area contributed by atoms with Crippen LogP contribution in [-0.4, -0.2) is 25.4 Å². The summed E-state index contributed by atoms with van der Waals surface area (Å²) in [5.41, 5.74) is 0. The first-order valence-corrected chi connectivity index (χ1v) is 7.54. The van der Waals surface area contributed by atoms with Crippen LogP contribution in [0.5, 0.6) is 0 Å². The van der Waals surface area contributed by atoms with Gasteiger partial charge < -0.3 is 10.6 Å². The third-order valence-corrected chi connectivity index (χ3v) is 4.58. The Balaban J connectivity index is 1.75. The van der Waals surface area contributed by atoms with Gasteiger partial charge in [-0.25, -0.2) is 0 Å². The maximum Gasteiger partial charge on any atom is 0.0586 e. The molecule has 3 N–H and O–H groups in total. The highest BCUT2D eigenvalue weighted by atomic mass is 15.2. The quantitative estimate of drug-likeness (QED) is 0.703. The Morgan fingerprint density at radius 2 is 1.35 bits per heavy atom. The van der Waals surface area contributed by atoms with Crippen molar-refractivity contribution in [3.63, 3.8) is 0 Å². The number of hydrogen-bond acceptors (Lipinski definition) is 3. The first-order chi connectivity index (χ1) is 8.31. The van der Waals surface area contributed by atoms with E-state index >= 15 is 0 Å². The molecule has 3 nitrogen and oxygen atoms in total. The van der Waals surface area contributed by atoms with E-state index in [4.69, 9.17) is 0 Å². The van der Waals surface area contributed by atoms with Crippen molar-refractivity contribution >= 4 is 0 Å². The molecule has 2 aliphatic heterocycles. The van der Waals surface area contributed by atoms with E-state index in [0.29, 0.717) is 12.3 Å². The molecular weight excluding hydrogens is 210 g/mol. The summed E-state index contributed by atoms with van der Waals surface area (Å²) < 4.78 is 0. The van der Waals surface area contributed by atoms with E-state index in [9.17, 15) is 0 Å². The number of rotatable bonds is 4. The van der Waals surface area contributed by atoms with Crippen molar-refractivity contribution < 1.29 is 0 Å². The Bertz CT molecular complexity index is 198. The zero-order valence-electron chi connectivity index (χ0n) is 11.5. The van der Waals surface area contributed by atoms with Crippen molar-refractivity contribution in [1.29, 1.82) is 0 Å². The van der Waals surface area contributed by atoms with Crippen LogP contribution < -0.4 is 16.0 Å². The third kappa shape index (κ3) is 3.94. The van der Waals surface area contributed by atoms with Gasteiger partial charge in [-0.1, -0.05) is 26.7 Å². The second-order valence-electron chi connectivity index (χ2n) is 5.78. The number of hydrogen-bond donors (Lipinski definition) is 3. The lowest BCUT2D eigenvalue weighted by atomic mass is 9.91. The molecule has 100 valence electrons. The van der Waals surface area contributed by atoms with Crippen LogP contribution >= 0.6 is 0 Å². The molecule has 0 bridgehead atoms. The molecule has 4 unspecified atom stereocenters. The van der Waals surface area contributed by atoms with E-state index in [1.165, 1.54) is 51.6 Å². The standard InChI is InChI=1S/C14H29N3/c1-3-11-5-7-15-13(9-11)17-14-10-12(4-2)6-8-16-14/h11-17H,3-10H2,1-2H3. The summed E-state index contributed by atoms with van der Waals surface area (Å²) in [6.45, 7) is 7.00. The predicted octanol–water partition coefficient (Wildman–Crippen LogP) is 2.05. The van der Waals surface area contributed by atoms with Crippen molar-refractivity contribution in [2.75, 3.05) is 13.1 Å². The van der Waals surface area contributed by atoms with Crippen LogP contribution in [0.25, 0.3) is 0 Å². The fraction of sp³-hybridized carbons (Fsp3) is 1.00. The molecule has 2 aliphatic rings. The van der Waals surface area contributed by atoms with E-state index in [0.717, 1.165) is 11.8 Å². The van der Waals surface area contributed by atoms with Crippen molar-refractivity contribution in [3.8, 4) is 0 Å². The van der Waals surface area contributed by atoms with Gasteiger partial charge in [0, 0.05) is 0 Å². The molecule has 0 aromatic rings. The van der Waals surface area contributed by atoms with Crippen molar-refractivity contribution in [3.05, 3.63) is 0 Å². The van der Waals surface area contributed by atoms with Crippen LogP contribution in [0.4, 0.5) is 0 Å². The largest absolute Gasteiger partial charge is 0.302 e. The molecule has 2 saturated heterocycles. The first-order valence-electron chi connectivity index (χ1n) is 7.54. The molecule has 0 amide bonds. The van der Waals surface area contributed by atoms with Crippen LogP contribution in [0.1, 0.15) is 52.4 Å². The SMILES string of the molecule is CCC1CCNC(NC2CC(CC)CCN2)C1. The van der Waals surface area contributed by atoms with Gasteiger partial charge in [0.15, 0.2) is 0 Å². The van der Waals surface area contributed by atoms with Gasteiger partial charge in [-0.15, -0.1) is 0 Å². The summed E-state index contributed by atoms with van der Waals surface area (Å²) in [4.78, 5) is 0. The monoisotopic (exact) mass is 239 g/mol. The minimum absolute atomic E-state index is 0.529. The predicted molar refractivity (Wildman–Crippen MR) is 72.7 cm³/mol. The molecule has 2 fully saturated rings. The zero-order valence-corrected chi connectivity index (χ0v) is 11.5. The van der Waals surface area contributed by atoms with E-state index < -0.39 is 0 Å². The Morgan fingerprint density at radius 1 is 0.882 bits per heavy atom. The summed E-state index contributed by atoms with van der Waals surface area (Å²) >= 11 is 0. The van der Waals surface area contributed by atoms with Gasteiger partial charge >= 0.3 is 0 Å². The fourth-order valence-corrected chi connectivity index (χ4v) is 3.23. The average molecular weight is 239 g/mol. The Labute approximate surface area is 106 Å². The minimum Gasteiger partial charge on any atom is -0.302 e. The van der Waals surface area contributed by atoms with Gasteiger partial charge in [0.2, 0.25) is 0 Å². The van der Waals surface area contributed by atoms with E-state index in [2.05, 4.69) is 29.8 Å². The first kappa shape index (κ1) is 13.3. The lowest BCUT2D eigenvalue weighted by Gasteiger charge is -2.37. The average Bonchev–Trinajstić information content (AvgIpc) is 2.39. The Morgan fingerprint density at radius 3 is 1.76 bits per heavy atom. The molecule has 0 spiro atoms. The van der Waals surface area contributed by atoms with E-state index in [-0.39, 0.29) is 0 Å². The van der Waals surface area contributed by atoms with Gasteiger partial charge in [-0.3, -0.25) is 5.32 Å². The van der Waals surface area contributed by atoms with Crippen molar-refractivity contribution in [1.82, 2.24) is 16.0 Å². The van der Waals surface area contributed by atoms with Crippen LogP contribution in [0, 0.1) is 11.8 Å². The fourth-order valence-electron chi connectivity index (χ4n) is 3.23. The summed E-state index contributed by atoms with van der Waals surface area (Å²) in [6.07, 6.45) is 9.01. The van der Waals surface area contributed by atoms with Crippen molar-refractivity contribution in [2.45, 2.75) is 64.7 Å². The maximum absolute atomic E-state index is 3.76. The van der Waals surface area contributed by atoms with Crippen LogP contribution in [0.3, 0.4) is 0 Å². The third-order valence-electron chi connectivity index (χ3n) is 4.58. The highest BCUT2D eigenvalue weighted by molar-refractivity contribution is 4.82. The molecule has 0 aromatic carbocycles. The molecule has 0 saturated carbocycles. The Hall–Kier alpha value is -0.120. The minimum atomic E-state index is 0.529. The molecular formula is C14H29N3. The molecule has 0 aromatic heterocycles. The molecule has 3 heteroatoms. The molecule has 2 heterocycles. The zero-order chi connectivity index (χ0) is 12.1. The van der Waals surface area contributed by atoms with Crippen LogP contribution in [-0.2, 0) is 0 Å². The molecule has 4 atom stereocenters. The summed E-state index contributed by atoms with van der Waals surface area (Å²) in [5, 5.41) is 11.0. The van der Waals surface area contributed by atoms with Crippen molar-refractivity contribution in [2.24, 2.45) is 11.8 Å². The van der Waals surface area contributed by atoms with E-state index in [1.54, 1.807) is 0 Å². The topological polar surface area (TPSA) is 36.1 Å². The molecule has 17 heavy (non-hydrogen) atoms. The highest BCUT2D eigenvalue weighted by Crippen LogP contribution is 2.21. The van der Waals surface area contributed by atoms with Gasteiger partial charge in [0.1, 0.15) is 0 Å². The Kier molecular flexibility index (Phi) is 5.26. The maximum atomic E-state index is 3.76.